The van der Waals surface area contributed by atoms with Gasteiger partial charge in [0.2, 0.25) is 0 Å². The zero-order chi connectivity index (χ0) is 15.5. The first-order valence-corrected chi connectivity index (χ1v) is 8.57. The van der Waals surface area contributed by atoms with Gasteiger partial charge < -0.3 is 15.0 Å². The van der Waals surface area contributed by atoms with Crippen LogP contribution in [0.2, 0.25) is 0 Å². The highest BCUT2D eigenvalue weighted by Gasteiger charge is 2.28. The van der Waals surface area contributed by atoms with Crippen LogP contribution in [0.1, 0.15) is 66.2 Å². The van der Waals surface area contributed by atoms with Crippen molar-refractivity contribution in [1.82, 2.24) is 10.2 Å². The second-order valence-electron chi connectivity index (χ2n) is 7.87. The third kappa shape index (κ3) is 5.50. The molecule has 21 heavy (non-hydrogen) atoms. The van der Waals surface area contributed by atoms with Crippen molar-refractivity contribution >= 4 is 6.09 Å². The van der Waals surface area contributed by atoms with E-state index in [1.54, 1.807) is 0 Å². The predicted molar refractivity (Wildman–Crippen MR) is 85.4 cm³/mol. The van der Waals surface area contributed by atoms with E-state index in [1.165, 1.54) is 25.7 Å². The van der Waals surface area contributed by atoms with Crippen molar-refractivity contribution < 1.29 is 9.53 Å². The largest absolute Gasteiger partial charge is 0.444 e. The first-order valence-electron chi connectivity index (χ1n) is 8.57. The summed E-state index contributed by atoms with van der Waals surface area (Å²) in [5.41, 5.74) is -0.398. The summed E-state index contributed by atoms with van der Waals surface area (Å²) in [5.74, 6) is 0.900. The molecule has 0 spiro atoms. The second kappa shape index (κ2) is 6.99. The zero-order valence-corrected chi connectivity index (χ0v) is 14.2. The summed E-state index contributed by atoms with van der Waals surface area (Å²) in [7, 11) is 0. The molecule has 2 aliphatic rings. The number of rotatable bonds is 2. The van der Waals surface area contributed by atoms with E-state index in [-0.39, 0.29) is 6.09 Å². The van der Waals surface area contributed by atoms with Crippen molar-refractivity contribution in [2.24, 2.45) is 5.92 Å². The minimum Gasteiger partial charge on any atom is -0.444 e. The number of hydrogen-bond acceptors (Lipinski definition) is 3. The predicted octanol–water partition coefficient (Wildman–Crippen LogP) is 3.55. The maximum Gasteiger partial charge on any atom is 0.410 e. The molecule has 0 unspecified atom stereocenters. The molecule has 1 N–H and O–H groups in total. The van der Waals surface area contributed by atoms with E-state index >= 15 is 0 Å². The van der Waals surface area contributed by atoms with Gasteiger partial charge in [0.1, 0.15) is 5.60 Å². The van der Waals surface area contributed by atoms with Crippen LogP contribution in [0.4, 0.5) is 4.79 Å². The molecular formula is C17H32N2O2. The Morgan fingerprint density at radius 2 is 1.52 bits per heavy atom. The third-order valence-electron chi connectivity index (χ3n) is 4.63. The fourth-order valence-electron chi connectivity index (χ4n) is 3.32. The molecule has 0 radical (unpaired) electrons. The van der Waals surface area contributed by atoms with Crippen molar-refractivity contribution in [1.29, 1.82) is 0 Å². The maximum absolute atomic E-state index is 12.0. The monoisotopic (exact) mass is 296 g/mol. The van der Waals surface area contributed by atoms with Gasteiger partial charge >= 0.3 is 6.09 Å². The van der Waals surface area contributed by atoms with Crippen molar-refractivity contribution in [2.75, 3.05) is 13.1 Å². The van der Waals surface area contributed by atoms with E-state index in [9.17, 15) is 4.79 Å². The summed E-state index contributed by atoms with van der Waals surface area (Å²) in [6, 6.07) is 1.27. The number of piperidine rings is 1. The molecule has 1 aliphatic heterocycles. The number of hydrogen-bond donors (Lipinski definition) is 1. The molecule has 122 valence electrons. The lowest BCUT2D eigenvalue weighted by Gasteiger charge is -2.36. The van der Waals surface area contributed by atoms with E-state index in [0.717, 1.165) is 31.8 Å². The average Bonchev–Trinajstić information content (AvgIpc) is 2.40. The number of amides is 1. The zero-order valence-electron chi connectivity index (χ0n) is 14.2. The van der Waals surface area contributed by atoms with Gasteiger partial charge in [-0.05, 0) is 65.2 Å². The molecule has 1 amide bonds. The Kier molecular flexibility index (Phi) is 5.53. The number of ether oxygens (including phenoxy) is 1. The number of nitrogens with one attached hydrogen (secondary N) is 1. The summed E-state index contributed by atoms with van der Waals surface area (Å²) in [6.45, 7) is 9.75. The molecule has 4 nitrogen and oxygen atoms in total. The second-order valence-corrected chi connectivity index (χ2v) is 7.87. The molecular weight excluding hydrogens is 264 g/mol. The topological polar surface area (TPSA) is 41.6 Å². The lowest BCUT2D eigenvalue weighted by Crippen LogP contribution is -2.49. The first kappa shape index (κ1) is 16.6. The molecule has 1 saturated carbocycles. The SMILES string of the molecule is CC1CCC(NC2CCN(C(=O)OC(C)(C)C)CC2)CC1. The lowest BCUT2D eigenvalue weighted by atomic mass is 9.86. The molecule has 0 aromatic heterocycles. The molecule has 1 heterocycles. The van der Waals surface area contributed by atoms with Crippen LogP contribution in [0.25, 0.3) is 0 Å². The highest BCUT2D eigenvalue weighted by atomic mass is 16.6. The molecule has 4 heteroatoms. The van der Waals surface area contributed by atoms with E-state index < -0.39 is 5.60 Å². The third-order valence-corrected chi connectivity index (χ3v) is 4.63. The summed E-state index contributed by atoms with van der Waals surface area (Å²) in [6.07, 6.45) is 7.27. The van der Waals surface area contributed by atoms with E-state index in [2.05, 4.69) is 12.2 Å². The van der Waals surface area contributed by atoms with Gasteiger partial charge in [-0.25, -0.2) is 4.79 Å². The van der Waals surface area contributed by atoms with Gasteiger partial charge in [-0.2, -0.15) is 0 Å². The van der Waals surface area contributed by atoms with Crippen molar-refractivity contribution in [3.63, 3.8) is 0 Å². The smallest absolute Gasteiger partial charge is 0.410 e. The van der Waals surface area contributed by atoms with Crippen LogP contribution in [0.15, 0.2) is 0 Å². The number of nitrogens with zero attached hydrogens (tertiary/aromatic N) is 1. The summed E-state index contributed by atoms with van der Waals surface area (Å²) in [4.78, 5) is 13.9. The van der Waals surface area contributed by atoms with Gasteiger partial charge in [-0.3, -0.25) is 0 Å². The molecule has 1 aliphatic carbocycles. The minimum atomic E-state index is -0.398. The highest BCUT2D eigenvalue weighted by molar-refractivity contribution is 5.68. The van der Waals surface area contributed by atoms with Gasteiger partial charge in [0.25, 0.3) is 0 Å². The van der Waals surface area contributed by atoms with Gasteiger partial charge in [-0.15, -0.1) is 0 Å². The summed E-state index contributed by atoms with van der Waals surface area (Å²) >= 11 is 0. The standard InChI is InChI=1S/C17H32N2O2/c1-13-5-7-14(8-6-13)18-15-9-11-19(12-10-15)16(20)21-17(2,3)4/h13-15,18H,5-12H2,1-4H3. The van der Waals surface area contributed by atoms with Crippen LogP contribution < -0.4 is 5.32 Å². The Labute approximate surface area is 129 Å². The highest BCUT2D eigenvalue weighted by Crippen LogP contribution is 2.25. The van der Waals surface area contributed by atoms with E-state index in [0.29, 0.717) is 12.1 Å². The molecule has 0 atom stereocenters. The first-order chi connectivity index (χ1) is 9.83. The van der Waals surface area contributed by atoms with Crippen molar-refractivity contribution in [2.45, 2.75) is 83.9 Å². The molecule has 0 bridgehead atoms. The van der Waals surface area contributed by atoms with Crippen LogP contribution in [0.3, 0.4) is 0 Å². The quantitative estimate of drug-likeness (QED) is 0.847. The Balaban J connectivity index is 1.69. The van der Waals surface area contributed by atoms with Gasteiger partial charge in [0.05, 0.1) is 0 Å². The average molecular weight is 296 g/mol. The Morgan fingerprint density at radius 3 is 2.05 bits per heavy atom. The van der Waals surface area contributed by atoms with Gasteiger partial charge in [-0.1, -0.05) is 6.92 Å². The Morgan fingerprint density at radius 1 is 1.00 bits per heavy atom. The Hall–Kier alpha value is -0.770. The van der Waals surface area contributed by atoms with Crippen LogP contribution in [-0.2, 0) is 4.74 Å². The van der Waals surface area contributed by atoms with Crippen LogP contribution >= 0.6 is 0 Å². The molecule has 2 rings (SSSR count). The Bertz CT molecular complexity index is 335. The molecule has 0 aromatic rings. The van der Waals surface area contributed by atoms with Crippen molar-refractivity contribution in [3.8, 4) is 0 Å². The van der Waals surface area contributed by atoms with E-state index in [4.69, 9.17) is 4.74 Å². The van der Waals surface area contributed by atoms with Crippen molar-refractivity contribution in [3.05, 3.63) is 0 Å². The van der Waals surface area contributed by atoms with Gasteiger partial charge in [0.15, 0.2) is 0 Å². The van der Waals surface area contributed by atoms with Crippen LogP contribution in [-0.4, -0.2) is 41.8 Å². The minimum absolute atomic E-state index is 0.160. The normalized spacial score (nSPS) is 28.5. The van der Waals surface area contributed by atoms with Crippen LogP contribution in [0, 0.1) is 5.92 Å². The lowest BCUT2D eigenvalue weighted by molar-refractivity contribution is 0.0194. The fraction of sp³-hybridized carbons (Fsp3) is 0.941. The number of carbonyl (C=O) groups is 1. The molecule has 0 aromatic carbocycles. The van der Waals surface area contributed by atoms with E-state index in [1.807, 2.05) is 25.7 Å². The number of likely N-dealkylation sites (tertiary alicyclic amines) is 1. The molecule has 2 fully saturated rings. The number of carbonyl (C=O) groups excluding carboxylic acids is 1. The maximum atomic E-state index is 12.0. The summed E-state index contributed by atoms with van der Waals surface area (Å²) < 4.78 is 5.44. The van der Waals surface area contributed by atoms with Gasteiger partial charge in [0, 0.05) is 25.2 Å². The molecule has 1 saturated heterocycles. The van der Waals surface area contributed by atoms with Crippen LogP contribution in [0.5, 0.6) is 0 Å². The fourth-order valence-corrected chi connectivity index (χ4v) is 3.32. The summed E-state index contributed by atoms with van der Waals surface area (Å²) in [5, 5.41) is 3.81.